The number of hydrogen-bond donors (Lipinski definition) is 1. The lowest BCUT2D eigenvalue weighted by Gasteiger charge is -2.25. The van der Waals surface area contributed by atoms with Gasteiger partial charge in [0.05, 0.1) is 38.0 Å². The van der Waals surface area contributed by atoms with Crippen LogP contribution in [0, 0.1) is 0 Å². The monoisotopic (exact) mass is 501 g/mol. The third-order valence-electron chi connectivity index (χ3n) is 6.01. The predicted octanol–water partition coefficient (Wildman–Crippen LogP) is 4.90. The summed E-state index contributed by atoms with van der Waals surface area (Å²) >= 11 is 0. The number of hydrogen-bond acceptors (Lipinski definition) is 7. The Hall–Kier alpha value is -4.59. The minimum absolute atomic E-state index is 0.0811. The van der Waals surface area contributed by atoms with Crippen molar-refractivity contribution >= 4 is 29.1 Å². The Morgan fingerprint density at radius 1 is 0.892 bits per heavy atom. The second kappa shape index (κ2) is 11.0. The molecule has 1 aliphatic rings. The summed E-state index contributed by atoms with van der Waals surface area (Å²) in [4.78, 5) is 40.5. The lowest BCUT2D eigenvalue weighted by Crippen LogP contribution is -2.29. The van der Waals surface area contributed by atoms with Gasteiger partial charge in [0.25, 0.3) is 11.7 Å². The van der Waals surface area contributed by atoms with E-state index in [1.165, 1.54) is 31.3 Å². The van der Waals surface area contributed by atoms with E-state index in [9.17, 15) is 19.5 Å². The summed E-state index contributed by atoms with van der Waals surface area (Å²) in [7, 11) is 2.95. The van der Waals surface area contributed by atoms with Gasteiger partial charge in [0.2, 0.25) is 0 Å². The fourth-order valence-corrected chi connectivity index (χ4v) is 4.25. The number of esters is 1. The molecule has 1 heterocycles. The molecular formula is C29H27NO7. The Morgan fingerprint density at radius 3 is 2.30 bits per heavy atom. The second-order valence-corrected chi connectivity index (χ2v) is 8.34. The molecule has 37 heavy (non-hydrogen) atoms. The van der Waals surface area contributed by atoms with E-state index in [1.54, 1.807) is 54.6 Å². The molecule has 3 aromatic carbocycles. The molecule has 8 nitrogen and oxygen atoms in total. The minimum Gasteiger partial charge on any atom is -0.507 e. The fourth-order valence-electron chi connectivity index (χ4n) is 4.25. The molecule has 1 amide bonds. The number of ether oxygens (including phenoxy) is 3. The van der Waals surface area contributed by atoms with Crippen molar-refractivity contribution in [3.05, 3.63) is 95.1 Å². The Morgan fingerprint density at radius 2 is 1.62 bits per heavy atom. The molecule has 1 atom stereocenters. The average molecular weight is 502 g/mol. The van der Waals surface area contributed by atoms with Crippen molar-refractivity contribution in [2.45, 2.75) is 19.4 Å². The van der Waals surface area contributed by atoms with E-state index in [4.69, 9.17) is 14.2 Å². The van der Waals surface area contributed by atoms with Crippen molar-refractivity contribution in [1.29, 1.82) is 0 Å². The van der Waals surface area contributed by atoms with E-state index in [0.717, 1.165) is 0 Å². The number of nitrogens with zero attached hydrogens (tertiary/aromatic N) is 1. The third kappa shape index (κ3) is 4.91. The zero-order valence-corrected chi connectivity index (χ0v) is 20.8. The maximum atomic E-state index is 13.4. The summed E-state index contributed by atoms with van der Waals surface area (Å²) in [6.07, 6.45) is 0.671. The SMILES string of the molecule is CCCOC(=O)c1cccc(N2C(=O)C(=O)/C(=C(/O)c3ccc(OC)c(OC)c3)C2c2ccccc2)c1. The molecule has 0 bridgehead atoms. The molecule has 4 rings (SSSR count). The predicted molar refractivity (Wildman–Crippen MR) is 138 cm³/mol. The summed E-state index contributed by atoms with van der Waals surface area (Å²) in [5.41, 5.74) is 1.39. The maximum absolute atomic E-state index is 13.4. The van der Waals surface area contributed by atoms with Crippen molar-refractivity contribution in [2.75, 3.05) is 25.7 Å². The number of carbonyl (C=O) groups excluding carboxylic acids is 3. The van der Waals surface area contributed by atoms with Crippen LogP contribution in [0.3, 0.4) is 0 Å². The number of aliphatic hydroxyl groups excluding tert-OH is 1. The van der Waals surface area contributed by atoms with E-state index in [2.05, 4.69) is 0 Å². The van der Waals surface area contributed by atoms with Crippen LogP contribution in [0.4, 0.5) is 5.69 Å². The largest absolute Gasteiger partial charge is 0.507 e. The summed E-state index contributed by atoms with van der Waals surface area (Å²) in [5, 5.41) is 11.3. The van der Waals surface area contributed by atoms with Crippen LogP contribution in [0.15, 0.2) is 78.4 Å². The van der Waals surface area contributed by atoms with Crippen LogP contribution in [-0.4, -0.2) is 43.6 Å². The molecule has 1 fully saturated rings. The highest BCUT2D eigenvalue weighted by atomic mass is 16.5. The van der Waals surface area contributed by atoms with Crippen LogP contribution in [0.5, 0.6) is 11.5 Å². The molecule has 1 unspecified atom stereocenters. The van der Waals surface area contributed by atoms with Crippen molar-refractivity contribution in [3.63, 3.8) is 0 Å². The molecule has 0 radical (unpaired) electrons. The summed E-state index contributed by atoms with van der Waals surface area (Å²) in [6.45, 7) is 2.16. The summed E-state index contributed by atoms with van der Waals surface area (Å²) in [5.74, 6) is -1.74. The number of benzene rings is 3. The molecule has 0 aliphatic carbocycles. The number of Topliss-reactive ketones (excluding diaryl/α,β-unsaturated/α-hetero) is 1. The lowest BCUT2D eigenvalue weighted by molar-refractivity contribution is -0.132. The third-order valence-corrected chi connectivity index (χ3v) is 6.01. The Kier molecular flexibility index (Phi) is 7.57. The van der Waals surface area contributed by atoms with Gasteiger partial charge in [-0.15, -0.1) is 0 Å². The zero-order chi connectivity index (χ0) is 26.5. The Bertz CT molecular complexity index is 1360. The van der Waals surface area contributed by atoms with Crippen molar-refractivity contribution in [1.82, 2.24) is 0 Å². The second-order valence-electron chi connectivity index (χ2n) is 8.34. The number of anilines is 1. The van der Waals surface area contributed by atoms with Gasteiger partial charge in [0, 0.05) is 11.3 Å². The van der Waals surface area contributed by atoms with Gasteiger partial charge in [-0.3, -0.25) is 14.5 Å². The Balaban J connectivity index is 1.87. The van der Waals surface area contributed by atoms with Crippen LogP contribution >= 0.6 is 0 Å². The first-order chi connectivity index (χ1) is 17.9. The molecule has 1 saturated heterocycles. The first kappa shape index (κ1) is 25.5. The van der Waals surface area contributed by atoms with Crippen LogP contribution in [-0.2, 0) is 14.3 Å². The highest BCUT2D eigenvalue weighted by Crippen LogP contribution is 2.43. The van der Waals surface area contributed by atoms with Gasteiger partial charge in [0.15, 0.2) is 11.5 Å². The standard InChI is InChI=1S/C29H27NO7/c1-4-15-37-29(34)20-11-8-12-21(16-20)30-25(18-9-6-5-7-10-18)24(27(32)28(30)33)26(31)19-13-14-22(35-2)23(17-19)36-3/h5-14,16-17,25,31H,4,15H2,1-3H3/b26-24+. The van der Waals surface area contributed by atoms with Crippen LogP contribution < -0.4 is 14.4 Å². The zero-order valence-electron chi connectivity index (χ0n) is 20.8. The first-order valence-corrected chi connectivity index (χ1v) is 11.8. The summed E-state index contributed by atoms with van der Waals surface area (Å²) in [6, 6.07) is 19.0. The fraction of sp³-hybridized carbons (Fsp3) is 0.207. The molecule has 190 valence electrons. The van der Waals surface area contributed by atoms with Gasteiger partial charge in [-0.2, -0.15) is 0 Å². The van der Waals surface area contributed by atoms with Crippen LogP contribution in [0.1, 0.15) is 40.9 Å². The molecule has 0 aromatic heterocycles. The van der Waals surface area contributed by atoms with Crippen molar-refractivity contribution in [2.24, 2.45) is 0 Å². The number of rotatable bonds is 8. The van der Waals surface area contributed by atoms with Crippen molar-refractivity contribution < 1.29 is 33.7 Å². The normalized spacial score (nSPS) is 16.5. The minimum atomic E-state index is -0.934. The van der Waals surface area contributed by atoms with Gasteiger partial charge in [0.1, 0.15) is 5.76 Å². The smallest absolute Gasteiger partial charge is 0.338 e. The molecule has 0 spiro atoms. The average Bonchev–Trinajstić information content (AvgIpc) is 3.21. The van der Waals surface area contributed by atoms with Gasteiger partial charge in [-0.05, 0) is 48.4 Å². The van der Waals surface area contributed by atoms with Gasteiger partial charge in [-0.1, -0.05) is 43.3 Å². The maximum Gasteiger partial charge on any atom is 0.338 e. The lowest BCUT2D eigenvalue weighted by atomic mass is 9.95. The van der Waals surface area contributed by atoms with Gasteiger partial charge in [-0.25, -0.2) is 4.79 Å². The molecule has 1 N–H and O–H groups in total. The van der Waals surface area contributed by atoms with Gasteiger partial charge >= 0.3 is 5.97 Å². The molecular weight excluding hydrogens is 474 g/mol. The summed E-state index contributed by atoms with van der Waals surface area (Å²) < 4.78 is 15.8. The number of carbonyl (C=O) groups is 3. The van der Waals surface area contributed by atoms with Gasteiger partial charge < -0.3 is 19.3 Å². The molecule has 8 heteroatoms. The van der Waals surface area contributed by atoms with E-state index in [-0.39, 0.29) is 29.1 Å². The number of ketones is 1. The number of methoxy groups -OCH3 is 2. The van der Waals surface area contributed by atoms with Crippen LogP contribution in [0.2, 0.25) is 0 Å². The number of amides is 1. The Labute approximate surface area is 214 Å². The first-order valence-electron chi connectivity index (χ1n) is 11.8. The van der Waals surface area contributed by atoms with E-state index < -0.39 is 23.7 Å². The van der Waals surface area contributed by atoms with E-state index >= 15 is 0 Å². The van der Waals surface area contributed by atoms with E-state index in [1.807, 2.05) is 13.0 Å². The highest BCUT2D eigenvalue weighted by molar-refractivity contribution is 6.51. The number of aliphatic hydroxyl groups is 1. The van der Waals surface area contributed by atoms with Crippen LogP contribution in [0.25, 0.3) is 5.76 Å². The molecule has 3 aromatic rings. The quantitative estimate of drug-likeness (QED) is 0.203. The highest BCUT2D eigenvalue weighted by Gasteiger charge is 2.47. The topological polar surface area (TPSA) is 102 Å². The molecule has 1 aliphatic heterocycles. The van der Waals surface area contributed by atoms with E-state index in [0.29, 0.717) is 29.2 Å². The van der Waals surface area contributed by atoms with Crippen molar-refractivity contribution in [3.8, 4) is 11.5 Å². The molecule has 0 saturated carbocycles.